The molecule has 0 spiro atoms. The summed E-state index contributed by atoms with van der Waals surface area (Å²) >= 11 is 0. The number of methoxy groups -OCH3 is 1. The number of alkyl carbamates (subject to hydrolysis) is 1. The van der Waals surface area contributed by atoms with Gasteiger partial charge in [0.05, 0.1) is 36.1 Å². The molecule has 3 atom stereocenters. The van der Waals surface area contributed by atoms with Crippen molar-refractivity contribution in [1.29, 1.82) is 0 Å². The zero-order valence-electron chi connectivity index (χ0n) is 24.5. The van der Waals surface area contributed by atoms with Gasteiger partial charge in [0.2, 0.25) is 5.91 Å². The van der Waals surface area contributed by atoms with Crippen molar-refractivity contribution in [3.63, 3.8) is 0 Å². The number of nitrogens with zero attached hydrogens (tertiary/aromatic N) is 6. The van der Waals surface area contributed by atoms with Crippen LogP contribution in [0.2, 0.25) is 0 Å². The molecule has 2 aliphatic rings. The fraction of sp³-hybridized carbons (Fsp3) is 0.387. The Morgan fingerprint density at radius 1 is 1.16 bits per heavy atom. The molecule has 2 fully saturated rings. The normalized spacial score (nSPS) is 20.4. The summed E-state index contributed by atoms with van der Waals surface area (Å²) in [6.45, 7) is 3.92. The van der Waals surface area contributed by atoms with Crippen molar-refractivity contribution < 1.29 is 23.1 Å². The number of ether oxygens (including phenoxy) is 1. The molecule has 4 aromatic rings. The van der Waals surface area contributed by atoms with Gasteiger partial charge in [0.25, 0.3) is 0 Å². The molecule has 3 N–H and O–H groups in total. The summed E-state index contributed by atoms with van der Waals surface area (Å²) in [6, 6.07) is 7.17. The Balaban J connectivity index is 1.25. The predicted octanol–water partition coefficient (Wildman–Crippen LogP) is 3.29. The zero-order valence-corrected chi connectivity index (χ0v) is 24.5. The van der Waals surface area contributed by atoms with E-state index in [1.54, 1.807) is 40.1 Å². The lowest BCUT2D eigenvalue weighted by Crippen LogP contribution is -2.62. The van der Waals surface area contributed by atoms with E-state index >= 15 is 8.78 Å². The third-order valence-electron chi connectivity index (χ3n) is 8.41. The number of pyridine rings is 1. The van der Waals surface area contributed by atoms with Crippen LogP contribution < -0.4 is 16.0 Å². The summed E-state index contributed by atoms with van der Waals surface area (Å²) in [7, 11) is 1.32. The summed E-state index contributed by atoms with van der Waals surface area (Å²) in [5, 5.41) is 7.43. The number of amides is 2. The van der Waals surface area contributed by atoms with Crippen molar-refractivity contribution in [2.75, 3.05) is 31.6 Å². The average molecular weight is 605 g/mol. The largest absolute Gasteiger partial charge is 0.453 e. The van der Waals surface area contributed by atoms with Crippen LogP contribution in [0.3, 0.4) is 0 Å². The van der Waals surface area contributed by atoms with E-state index in [2.05, 4.69) is 25.3 Å². The van der Waals surface area contributed by atoms with Crippen LogP contribution >= 0.6 is 0 Å². The van der Waals surface area contributed by atoms with E-state index in [4.69, 9.17) is 10.5 Å². The van der Waals surface area contributed by atoms with Crippen LogP contribution in [0.5, 0.6) is 0 Å². The number of carbonyl (C=O) groups excluding carboxylic acids is 2. The van der Waals surface area contributed by atoms with Gasteiger partial charge in [0.15, 0.2) is 0 Å². The second-order valence-corrected chi connectivity index (χ2v) is 11.5. The minimum atomic E-state index is -0.745. The van der Waals surface area contributed by atoms with Crippen molar-refractivity contribution in [2.24, 2.45) is 11.7 Å². The molecule has 0 bridgehead atoms. The number of imidazole rings is 1. The van der Waals surface area contributed by atoms with Gasteiger partial charge >= 0.3 is 6.09 Å². The number of hydrogen-bond acceptors (Lipinski definition) is 8. The summed E-state index contributed by atoms with van der Waals surface area (Å²) in [6.07, 6.45) is 6.18. The van der Waals surface area contributed by atoms with E-state index in [-0.39, 0.29) is 41.7 Å². The zero-order chi connectivity index (χ0) is 31.0. The second kappa shape index (κ2) is 12.2. The van der Waals surface area contributed by atoms with Gasteiger partial charge in [-0.3, -0.25) is 9.78 Å². The van der Waals surface area contributed by atoms with Gasteiger partial charge < -0.3 is 25.6 Å². The monoisotopic (exact) mass is 604 g/mol. The van der Waals surface area contributed by atoms with Crippen LogP contribution in [0, 0.1) is 17.6 Å². The average Bonchev–Trinajstić information content (AvgIpc) is 3.59. The molecule has 0 saturated carbocycles. The smallest absolute Gasteiger partial charge is 0.407 e. The Hall–Kier alpha value is -4.65. The number of fused-ring (bicyclic) bond motifs is 1. The van der Waals surface area contributed by atoms with E-state index in [9.17, 15) is 9.59 Å². The van der Waals surface area contributed by atoms with E-state index < -0.39 is 17.7 Å². The van der Waals surface area contributed by atoms with Crippen LogP contribution in [0.15, 0.2) is 48.9 Å². The van der Waals surface area contributed by atoms with Crippen molar-refractivity contribution >= 4 is 23.2 Å². The number of aromatic nitrogens is 4. The van der Waals surface area contributed by atoms with Crippen molar-refractivity contribution in [1.82, 2.24) is 29.8 Å². The predicted molar refractivity (Wildman–Crippen MR) is 159 cm³/mol. The molecule has 0 unspecified atom stereocenters. The van der Waals surface area contributed by atoms with Crippen molar-refractivity contribution in [3.8, 4) is 11.3 Å². The number of nitrogens with two attached hydrogens (primary N) is 1. The molecule has 2 saturated heterocycles. The first-order chi connectivity index (χ1) is 21.2. The molecule has 11 nitrogen and oxygen atoms in total. The van der Waals surface area contributed by atoms with Gasteiger partial charge in [-0.05, 0) is 48.2 Å². The summed E-state index contributed by atoms with van der Waals surface area (Å²) in [4.78, 5) is 36.5. The van der Waals surface area contributed by atoms with E-state index in [0.29, 0.717) is 49.4 Å². The van der Waals surface area contributed by atoms with Crippen LogP contribution in [0.1, 0.15) is 36.7 Å². The number of rotatable bonds is 7. The van der Waals surface area contributed by atoms with Gasteiger partial charge in [-0.1, -0.05) is 6.92 Å². The SMILES string of the molecule is COC(=O)N[C@@H]1[C@H](N)CN(c2ccncc2Cc2ncc3ccc(-c4c(F)cc(CN5CCCC5=O)cc4F)nn23)C[C@@H]1C. The molecule has 0 radical (unpaired) electrons. The van der Waals surface area contributed by atoms with Crippen LogP contribution in [0.4, 0.5) is 19.3 Å². The third-order valence-corrected chi connectivity index (χ3v) is 8.41. The highest BCUT2D eigenvalue weighted by Gasteiger charge is 2.34. The minimum Gasteiger partial charge on any atom is -0.453 e. The fourth-order valence-electron chi connectivity index (χ4n) is 6.24. The lowest BCUT2D eigenvalue weighted by Gasteiger charge is -2.42. The standard InChI is InChI=1S/C31H34F2N8O3/c1-18-15-40(17-24(34)30(18)37-31(43)44-2)26-7-8-35-13-20(26)12-27-36-14-21-5-6-25(38-41(21)27)29-22(32)10-19(11-23(29)33)16-39-9-3-4-28(39)42/h5-8,10-11,13-14,18,24,30H,3-4,9,12,15-17,34H2,1-2H3,(H,37,43)/t18-,24+,30-/m0/s1. The number of piperidine rings is 1. The number of likely N-dealkylation sites (tertiary alicyclic amines) is 1. The quantitative estimate of drug-likeness (QED) is 0.329. The third kappa shape index (κ3) is 5.79. The Morgan fingerprint density at radius 2 is 1.95 bits per heavy atom. The molecule has 2 amide bonds. The fourth-order valence-corrected chi connectivity index (χ4v) is 6.24. The van der Waals surface area contributed by atoms with Crippen LogP contribution in [0.25, 0.3) is 16.8 Å². The number of hydrogen-bond donors (Lipinski definition) is 2. The molecule has 6 rings (SSSR count). The summed E-state index contributed by atoms with van der Waals surface area (Å²) in [5.74, 6) is -0.887. The molecule has 13 heteroatoms. The second-order valence-electron chi connectivity index (χ2n) is 11.5. The molecule has 44 heavy (non-hydrogen) atoms. The Labute approximate surface area is 253 Å². The summed E-state index contributed by atoms with van der Waals surface area (Å²) in [5.41, 5.74) is 9.24. The molecular weight excluding hydrogens is 570 g/mol. The first-order valence-electron chi connectivity index (χ1n) is 14.6. The maximum absolute atomic E-state index is 15.3. The highest BCUT2D eigenvalue weighted by Crippen LogP contribution is 2.30. The Bertz CT molecular complexity index is 1680. The Kier molecular flexibility index (Phi) is 8.13. The summed E-state index contributed by atoms with van der Waals surface area (Å²) < 4.78 is 37.0. The highest BCUT2D eigenvalue weighted by molar-refractivity contribution is 5.78. The Morgan fingerprint density at radius 3 is 2.66 bits per heavy atom. The number of halogens is 2. The number of nitrogens with one attached hydrogen (secondary N) is 1. The van der Waals surface area contributed by atoms with Crippen molar-refractivity contribution in [2.45, 2.75) is 44.8 Å². The molecule has 3 aromatic heterocycles. The van der Waals surface area contributed by atoms with Gasteiger partial charge in [-0.2, -0.15) is 5.10 Å². The number of carbonyl (C=O) groups is 2. The topological polar surface area (TPSA) is 131 Å². The lowest BCUT2D eigenvalue weighted by molar-refractivity contribution is -0.128. The van der Waals surface area contributed by atoms with Crippen LogP contribution in [-0.4, -0.2) is 75.3 Å². The number of anilines is 1. The van der Waals surface area contributed by atoms with E-state index in [1.165, 1.54) is 19.2 Å². The van der Waals surface area contributed by atoms with Gasteiger partial charge in [0, 0.05) is 68.7 Å². The highest BCUT2D eigenvalue weighted by atomic mass is 19.1. The molecule has 2 aliphatic heterocycles. The van der Waals surface area contributed by atoms with Gasteiger partial charge in [-0.15, -0.1) is 0 Å². The van der Waals surface area contributed by atoms with E-state index in [1.807, 2.05) is 13.0 Å². The minimum absolute atomic E-state index is 0.0103. The molecule has 1 aromatic carbocycles. The van der Waals surface area contributed by atoms with Gasteiger partial charge in [0.1, 0.15) is 17.5 Å². The molecule has 0 aliphatic carbocycles. The lowest BCUT2D eigenvalue weighted by atomic mass is 9.89. The van der Waals surface area contributed by atoms with E-state index in [0.717, 1.165) is 17.7 Å². The first kappa shape index (κ1) is 29.4. The van der Waals surface area contributed by atoms with Gasteiger partial charge in [-0.25, -0.2) is 23.1 Å². The number of benzene rings is 1. The maximum Gasteiger partial charge on any atom is 0.407 e. The maximum atomic E-state index is 15.3. The molecular formula is C31H34F2N8O3. The molecule has 5 heterocycles. The van der Waals surface area contributed by atoms with Crippen LogP contribution in [-0.2, 0) is 22.5 Å². The molecule has 230 valence electrons. The van der Waals surface area contributed by atoms with Crippen molar-refractivity contribution in [3.05, 3.63) is 77.5 Å². The first-order valence-corrected chi connectivity index (χ1v) is 14.6.